The van der Waals surface area contributed by atoms with Crippen LogP contribution in [0.15, 0.2) is 34.7 Å². The first-order valence-corrected chi connectivity index (χ1v) is 6.16. The largest absolute Gasteiger partial charge is 0.459 e. The third kappa shape index (κ3) is 3.43. The molecule has 114 valence electrons. The molecule has 0 fully saturated rings. The molecule has 0 amide bonds. The summed E-state index contributed by atoms with van der Waals surface area (Å²) in [6, 6.07) is 5.06. The smallest absolute Gasteiger partial charge is 0.419 e. The van der Waals surface area contributed by atoms with E-state index in [0.29, 0.717) is 11.8 Å². The number of furan rings is 1. The Hall–Kier alpha value is -1.86. The van der Waals surface area contributed by atoms with E-state index in [2.05, 4.69) is 0 Å². The highest BCUT2D eigenvalue weighted by molar-refractivity contribution is 5.59. The van der Waals surface area contributed by atoms with E-state index in [9.17, 15) is 17.6 Å². The molecule has 1 aromatic carbocycles. The Bertz CT molecular complexity index is 622. The Morgan fingerprint density at radius 1 is 1.19 bits per heavy atom. The number of aliphatic hydroxyl groups excluding tert-OH is 1. The second kappa shape index (κ2) is 5.87. The predicted molar refractivity (Wildman–Crippen MR) is 67.7 cm³/mol. The van der Waals surface area contributed by atoms with Crippen molar-refractivity contribution in [3.05, 3.63) is 47.5 Å². The summed E-state index contributed by atoms with van der Waals surface area (Å²) in [7, 11) is 0. The summed E-state index contributed by atoms with van der Waals surface area (Å²) in [4.78, 5) is 0. The molecule has 1 heterocycles. The molecule has 1 unspecified atom stereocenters. The van der Waals surface area contributed by atoms with E-state index < -0.39 is 23.6 Å². The van der Waals surface area contributed by atoms with Gasteiger partial charge < -0.3 is 15.3 Å². The third-order valence-corrected chi connectivity index (χ3v) is 2.99. The SMILES string of the molecule is NC(CCO)c1ccc(-c2ccc(F)c(C(F)(F)F)c2)o1. The normalized spacial score (nSPS) is 13.4. The quantitative estimate of drug-likeness (QED) is 0.850. The van der Waals surface area contributed by atoms with E-state index in [1.54, 1.807) is 0 Å². The topological polar surface area (TPSA) is 59.4 Å². The molecule has 7 heteroatoms. The minimum atomic E-state index is -4.77. The summed E-state index contributed by atoms with van der Waals surface area (Å²) in [5.74, 6) is -0.837. The number of nitrogens with two attached hydrogens (primary N) is 1. The van der Waals surface area contributed by atoms with Crippen molar-refractivity contribution in [2.45, 2.75) is 18.6 Å². The molecule has 2 rings (SSSR count). The summed E-state index contributed by atoms with van der Waals surface area (Å²) in [6.07, 6.45) is -4.51. The summed E-state index contributed by atoms with van der Waals surface area (Å²) >= 11 is 0. The molecule has 0 radical (unpaired) electrons. The Kier molecular flexibility index (Phi) is 4.34. The molecule has 0 bridgehead atoms. The molecule has 2 aromatic rings. The zero-order chi connectivity index (χ0) is 15.6. The molecule has 3 N–H and O–H groups in total. The first-order chi connectivity index (χ1) is 9.82. The van der Waals surface area contributed by atoms with Crippen molar-refractivity contribution in [2.75, 3.05) is 6.61 Å². The van der Waals surface area contributed by atoms with Crippen molar-refractivity contribution in [1.82, 2.24) is 0 Å². The summed E-state index contributed by atoms with van der Waals surface area (Å²) < 4.78 is 56.6. The average Bonchev–Trinajstić information content (AvgIpc) is 2.88. The van der Waals surface area contributed by atoms with Crippen LogP contribution in [0.4, 0.5) is 17.6 Å². The van der Waals surface area contributed by atoms with E-state index in [1.807, 2.05) is 0 Å². The number of hydrogen-bond acceptors (Lipinski definition) is 3. The van der Waals surface area contributed by atoms with Gasteiger partial charge in [0.1, 0.15) is 17.3 Å². The highest BCUT2D eigenvalue weighted by Crippen LogP contribution is 2.35. The van der Waals surface area contributed by atoms with Crippen LogP contribution in [0.25, 0.3) is 11.3 Å². The number of alkyl halides is 3. The van der Waals surface area contributed by atoms with Gasteiger partial charge in [-0.05, 0) is 36.8 Å². The lowest BCUT2D eigenvalue weighted by Crippen LogP contribution is -2.10. The number of hydrogen-bond donors (Lipinski definition) is 2. The Labute approximate surface area is 118 Å². The van der Waals surface area contributed by atoms with Gasteiger partial charge in [-0.3, -0.25) is 0 Å². The van der Waals surface area contributed by atoms with Gasteiger partial charge in [-0.1, -0.05) is 0 Å². The van der Waals surface area contributed by atoms with Crippen molar-refractivity contribution in [2.24, 2.45) is 5.73 Å². The summed E-state index contributed by atoms with van der Waals surface area (Å²) in [5.41, 5.74) is 4.48. The molecule has 0 spiro atoms. The monoisotopic (exact) mass is 303 g/mol. The zero-order valence-electron chi connectivity index (χ0n) is 10.8. The number of benzene rings is 1. The van der Waals surface area contributed by atoms with Crippen molar-refractivity contribution < 1.29 is 27.1 Å². The van der Waals surface area contributed by atoms with Crippen molar-refractivity contribution in [3.63, 3.8) is 0 Å². The fourth-order valence-electron chi connectivity index (χ4n) is 1.88. The van der Waals surface area contributed by atoms with Gasteiger partial charge in [0.25, 0.3) is 0 Å². The molecular formula is C14H13F4NO2. The van der Waals surface area contributed by atoms with E-state index in [-0.39, 0.29) is 24.4 Å². The second-order valence-electron chi connectivity index (χ2n) is 4.51. The lowest BCUT2D eigenvalue weighted by Gasteiger charge is -2.09. The molecule has 0 aliphatic carbocycles. The minimum absolute atomic E-state index is 0.103. The van der Waals surface area contributed by atoms with Crippen LogP contribution in [0.2, 0.25) is 0 Å². The molecule has 21 heavy (non-hydrogen) atoms. The van der Waals surface area contributed by atoms with Crippen LogP contribution >= 0.6 is 0 Å². The van der Waals surface area contributed by atoms with E-state index >= 15 is 0 Å². The maximum Gasteiger partial charge on any atom is 0.419 e. The van der Waals surface area contributed by atoms with Gasteiger partial charge in [-0.2, -0.15) is 13.2 Å². The lowest BCUT2D eigenvalue weighted by molar-refractivity contribution is -0.139. The molecule has 0 aliphatic heterocycles. The summed E-state index contributed by atoms with van der Waals surface area (Å²) in [6.45, 7) is -0.133. The van der Waals surface area contributed by atoms with E-state index in [1.165, 1.54) is 18.2 Å². The Balaban J connectivity index is 2.35. The van der Waals surface area contributed by atoms with E-state index in [0.717, 1.165) is 6.07 Å². The highest BCUT2D eigenvalue weighted by Gasteiger charge is 2.34. The standard InChI is InChI=1S/C14H13F4NO2/c15-10-2-1-8(7-9(10)14(16,17)18)12-3-4-13(21-12)11(19)5-6-20/h1-4,7,11,20H,5-6,19H2. The second-order valence-corrected chi connectivity index (χ2v) is 4.51. The van der Waals surface area contributed by atoms with Gasteiger partial charge in [0.2, 0.25) is 0 Å². The minimum Gasteiger partial charge on any atom is -0.459 e. The van der Waals surface area contributed by atoms with Crippen LogP contribution in [0, 0.1) is 5.82 Å². The highest BCUT2D eigenvalue weighted by atomic mass is 19.4. The van der Waals surface area contributed by atoms with Crippen LogP contribution in [0.1, 0.15) is 23.8 Å². The average molecular weight is 303 g/mol. The van der Waals surface area contributed by atoms with Gasteiger partial charge in [0.05, 0.1) is 11.6 Å². The fraction of sp³-hybridized carbons (Fsp3) is 0.286. The third-order valence-electron chi connectivity index (χ3n) is 2.99. The number of rotatable bonds is 4. The van der Waals surface area contributed by atoms with Gasteiger partial charge in [-0.15, -0.1) is 0 Å². The fourth-order valence-corrected chi connectivity index (χ4v) is 1.88. The molecule has 1 aromatic heterocycles. The van der Waals surface area contributed by atoms with Crippen LogP contribution < -0.4 is 5.73 Å². The lowest BCUT2D eigenvalue weighted by atomic mass is 10.1. The number of halogens is 4. The maximum absolute atomic E-state index is 13.2. The molecular weight excluding hydrogens is 290 g/mol. The van der Waals surface area contributed by atoms with Gasteiger partial charge in [0.15, 0.2) is 0 Å². The predicted octanol–water partition coefficient (Wildman–Crippen LogP) is 3.49. The van der Waals surface area contributed by atoms with E-state index in [4.69, 9.17) is 15.3 Å². The van der Waals surface area contributed by atoms with Crippen LogP contribution in [-0.4, -0.2) is 11.7 Å². The van der Waals surface area contributed by atoms with Crippen molar-refractivity contribution in [3.8, 4) is 11.3 Å². The molecule has 0 saturated carbocycles. The van der Waals surface area contributed by atoms with Crippen LogP contribution in [0.3, 0.4) is 0 Å². The molecule has 3 nitrogen and oxygen atoms in total. The summed E-state index contributed by atoms with van der Waals surface area (Å²) in [5, 5.41) is 8.79. The van der Waals surface area contributed by atoms with Gasteiger partial charge in [0, 0.05) is 12.2 Å². The van der Waals surface area contributed by atoms with Crippen LogP contribution in [0.5, 0.6) is 0 Å². The van der Waals surface area contributed by atoms with Crippen molar-refractivity contribution in [1.29, 1.82) is 0 Å². The van der Waals surface area contributed by atoms with Gasteiger partial charge >= 0.3 is 6.18 Å². The molecule has 0 aliphatic rings. The Morgan fingerprint density at radius 3 is 2.52 bits per heavy atom. The molecule has 0 saturated heterocycles. The molecule has 1 atom stereocenters. The Morgan fingerprint density at radius 2 is 1.90 bits per heavy atom. The maximum atomic E-state index is 13.2. The zero-order valence-corrected chi connectivity index (χ0v) is 10.8. The van der Waals surface area contributed by atoms with Gasteiger partial charge in [-0.25, -0.2) is 4.39 Å². The van der Waals surface area contributed by atoms with Crippen LogP contribution in [-0.2, 0) is 6.18 Å². The first-order valence-electron chi connectivity index (χ1n) is 6.16. The number of aliphatic hydroxyl groups is 1. The first kappa shape index (κ1) is 15.5. The van der Waals surface area contributed by atoms with Crippen molar-refractivity contribution >= 4 is 0 Å².